The molecule has 1 unspecified atom stereocenters. The molecule has 1 heterocycles. The number of nitrogens with zero attached hydrogens (tertiary/aromatic N) is 1. The SMILES string of the molecule is CCN1CC(C(=O)NOCC(N)=O)CC1=O. The third-order valence-corrected chi connectivity index (χ3v) is 2.35. The van der Waals surface area contributed by atoms with Crippen LogP contribution in [0.25, 0.3) is 0 Å². The maximum absolute atomic E-state index is 11.5. The lowest BCUT2D eigenvalue weighted by Gasteiger charge is -2.13. The largest absolute Gasteiger partial charge is 0.368 e. The maximum atomic E-state index is 11.5. The minimum Gasteiger partial charge on any atom is -0.368 e. The van der Waals surface area contributed by atoms with Crippen LogP contribution >= 0.6 is 0 Å². The van der Waals surface area contributed by atoms with E-state index in [1.54, 1.807) is 4.90 Å². The number of rotatable bonds is 5. The molecule has 0 radical (unpaired) electrons. The molecule has 1 atom stereocenters. The van der Waals surface area contributed by atoms with Crippen molar-refractivity contribution in [3.05, 3.63) is 0 Å². The van der Waals surface area contributed by atoms with Crippen molar-refractivity contribution in [3.63, 3.8) is 0 Å². The Balaban J connectivity index is 2.33. The molecule has 0 aromatic rings. The molecule has 1 saturated heterocycles. The van der Waals surface area contributed by atoms with Crippen LogP contribution in [0, 0.1) is 5.92 Å². The second kappa shape index (κ2) is 5.45. The number of hydrogen-bond acceptors (Lipinski definition) is 4. The fourth-order valence-corrected chi connectivity index (χ4v) is 1.52. The summed E-state index contributed by atoms with van der Waals surface area (Å²) in [5.41, 5.74) is 6.92. The highest BCUT2D eigenvalue weighted by Gasteiger charge is 2.33. The predicted octanol–water partition coefficient (Wildman–Crippen LogP) is -1.61. The number of hydrogen-bond donors (Lipinski definition) is 2. The molecular formula is C9H15N3O4. The first-order valence-corrected chi connectivity index (χ1v) is 5.02. The molecule has 90 valence electrons. The van der Waals surface area contributed by atoms with Gasteiger partial charge in [-0.2, -0.15) is 0 Å². The van der Waals surface area contributed by atoms with E-state index in [1.807, 2.05) is 6.92 Å². The Kier molecular flexibility index (Phi) is 4.24. The summed E-state index contributed by atoms with van der Waals surface area (Å²) >= 11 is 0. The summed E-state index contributed by atoms with van der Waals surface area (Å²) in [5.74, 6) is -1.53. The van der Waals surface area contributed by atoms with Crippen LogP contribution in [0.2, 0.25) is 0 Å². The van der Waals surface area contributed by atoms with Crippen molar-refractivity contribution in [3.8, 4) is 0 Å². The molecule has 1 aliphatic rings. The van der Waals surface area contributed by atoms with Crippen molar-refractivity contribution >= 4 is 17.7 Å². The number of amides is 3. The van der Waals surface area contributed by atoms with Crippen molar-refractivity contribution in [1.82, 2.24) is 10.4 Å². The molecular weight excluding hydrogens is 214 g/mol. The Morgan fingerprint density at radius 1 is 1.62 bits per heavy atom. The number of nitrogens with one attached hydrogen (secondary N) is 1. The lowest BCUT2D eigenvalue weighted by Crippen LogP contribution is -2.35. The second-order valence-corrected chi connectivity index (χ2v) is 3.55. The zero-order valence-corrected chi connectivity index (χ0v) is 9.06. The number of nitrogens with two attached hydrogens (primary N) is 1. The Morgan fingerprint density at radius 2 is 2.31 bits per heavy atom. The van der Waals surface area contributed by atoms with E-state index in [9.17, 15) is 14.4 Å². The van der Waals surface area contributed by atoms with E-state index in [0.717, 1.165) is 0 Å². The molecule has 0 aliphatic carbocycles. The third kappa shape index (κ3) is 3.20. The first-order chi connectivity index (χ1) is 7.54. The van der Waals surface area contributed by atoms with Gasteiger partial charge in [-0.25, -0.2) is 5.48 Å². The molecule has 0 saturated carbocycles. The minimum atomic E-state index is -0.669. The first kappa shape index (κ1) is 12.4. The molecule has 1 rings (SSSR count). The van der Waals surface area contributed by atoms with Gasteiger partial charge in [-0.15, -0.1) is 0 Å². The smallest absolute Gasteiger partial charge is 0.248 e. The van der Waals surface area contributed by atoms with Crippen LogP contribution in [0.4, 0.5) is 0 Å². The number of carbonyl (C=O) groups excluding carboxylic acids is 3. The van der Waals surface area contributed by atoms with Crippen LogP contribution in [-0.4, -0.2) is 42.3 Å². The van der Waals surface area contributed by atoms with Crippen molar-refractivity contribution in [2.75, 3.05) is 19.7 Å². The molecule has 3 amide bonds. The lowest BCUT2D eigenvalue weighted by atomic mass is 10.1. The van der Waals surface area contributed by atoms with Gasteiger partial charge < -0.3 is 10.6 Å². The average molecular weight is 229 g/mol. The third-order valence-electron chi connectivity index (χ3n) is 2.35. The van der Waals surface area contributed by atoms with Gasteiger partial charge in [0.1, 0.15) is 0 Å². The number of primary amides is 1. The van der Waals surface area contributed by atoms with Gasteiger partial charge in [0.2, 0.25) is 17.7 Å². The van der Waals surface area contributed by atoms with Crippen LogP contribution in [0.5, 0.6) is 0 Å². The highest BCUT2D eigenvalue weighted by Crippen LogP contribution is 2.17. The first-order valence-electron chi connectivity index (χ1n) is 5.02. The molecule has 0 aromatic heterocycles. The monoisotopic (exact) mass is 229 g/mol. The van der Waals surface area contributed by atoms with E-state index < -0.39 is 17.7 Å². The Labute approximate surface area is 92.9 Å². The Hall–Kier alpha value is -1.63. The normalized spacial score (nSPS) is 19.9. The van der Waals surface area contributed by atoms with Crippen LogP contribution < -0.4 is 11.2 Å². The molecule has 16 heavy (non-hydrogen) atoms. The quantitative estimate of drug-likeness (QED) is 0.553. The summed E-state index contributed by atoms with van der Waals surface area (Å²) in [7, 11) is 0. The molecule has 7 nitrogen and oxygen atoms in total. The molecule has 0 spiro atoms. The second-order valence-electron chi connectivity index (χ2n) is 3.55. The molecule has 0 aromatic carbocycles. The average Bonchev–Trinajstić information content (AvgIpc) is 2.59. The summed E-state index contributed by atoms with van der Waals surface area (Å²) < 4.78 is 0. The number of likely N-dealkylation sites (tertiary alicyclic amines) is 1. The summed E-state index contributed by atoms with van der Waals surface area (Å²) in [5, 5.41) is 0. The zero-order chi connectivity index (χ0) is 12.1. The van der Waals surface area contributed by atoms with E-state index in [0.29, 0.717) is 13.1 Å². The minimum absolute atomic E-state index is 0.0439. The van der Waals surface area contributed by atoms with Gasteiger partial charge >= 0.3 is 0 Å². The summed E-state index contributed by atoms with van der Waals surface area (Å²) in [6.07, 6.45) is 0.180. The van der Waals surface area contributed by atoms with E-state index in [1.165, 1.54) is 0 Å². The maximum Gasteiger partial charge on any atom is 0.248 e. The van der Waals surface area contributed by atoms with Crippen LogP contribution in [0.3, 0.4) is 0 Å². The van der Waals surface area contributed by atoms with E-state index in [4.69, 9.17) is 5.73 Å². The standard InChI is InChI=1S/C9H15N3O4/c1-2-12-4-6(3-8(12)14)9(15)11-16-5-7(10)13/h6H,2-5H2,1H3,(H2,10,13)(H,11,15). The van der Waals surface area contributed by atoms with Crippen LogP contribution in [0.1, 0.15) is 13.3 Å². The van der Waals surface area contributed by atoms with Crippen molar-refractivity contribution in [2.24, 2.45) is 11.7 Å². The summed E-state index contributed by atoms with van der Waals surface area (Å²) in [4.78, 5) is 39.3. The fraction of sp³-hybridized carbons (Fsp3) is 0.667. The molecule has 3 N–H and O–H groups in total. The van der Waals surface area contributed by atoms with Gasteiger partial charge in [0, 0.05) is 19.5 Å². The van der Waals surface area contributed by atoms with Crippen molar-refractivity contribution in [2.45, 2.75) is 13.3 Å². The van der Waals surface area contributed by atoms with Crippen LogP contribution in [0.15, 0.2) is 0 Å². The molecule has 1 fully saturated rings. The van der Waals surface area contributed by atoms with E-state index in [-0.39, 0.29) is 18.9 Å². The molecule has 1 aliphatic heterocycles. The Bertz CT molecular complexity index is 305. The zero-order valence-electron chi connectivity index (χ0n) is 9.06. The number of carbonyl (C=O) groups is 3. The lowest BCUT2D eigenvalue weighted by molar-refractivity contribution is -0.141. The van der Waals surface area contributed by atoms with Gasteiger partial charge in [-0.05, 0) is 6.92 Å². The van der Waals surface area contributed by atoms with E-state index in [2.05, 4.69) is 10.3 Å². The molecule has 0 bridgehead atoms. The van der Waals surface area contributed by atoms with Crippen molar-refractivity contribution in [1.29, 1.82) is 0 Å². The van der Waals surface area contributed by atoms with Gasteiger partial charge in [-0.1, -0.05) is 0 Å². The summed E-state index contributed by atoms with van der Waals surface area (Å²) in [6, 6.07) is 0. The topological polar surface area (TPSA) is 102 Å². The van der Waals surface area contributed by atoms with Crippen molar-refractivity contribution < 1.29 is 19.2 Å². The van der Waals surface area contributed by atoms with E-state index >= 15 is 0 Å². The predicted molar refractivity (Wildman–Crippen MR) is 53.7 cm³/mol. The van der Waals surface area contributed by atoms with Gasteiger partial charge in [0.15, 0.2) is 6.61 Å². The van der Waals surface area contributed by atoms with Gasteiger partial charge in [-0.3, -0.25) is 19.2 Å². The molecule has 7 heteroatoms. The Morgan fingerprint density at radius 3 is 2.81 bits per heavy atom. The number of hydroxylamine groups is 1. The van der Waals surface area contributed by atoms with Crippen LogP contribution in [-0.2, 0) is 19.2 Å². The fourth-order valence-electron chi connectivity index (χ4n) is 1.52. The van der Waals surface area contributed by atoms with Gasteiger partial charge in [0.25, 0.3) is 0 Å². The highest BCUT2D eigenvalue weighted by molar-refractivity contribution is 5.88. The highest BCUT2D eigenvalue weighted by atomic mass is 16.7. The van der Waals surface area contributed by atoms with Gasteiger partial charge in [0.05, 0.1) is 5.92 Å². The summed E-state index contributed by atoms with van der Waals surface area (Å²) in [6.45, 7) is 2.46.